The van der Waals surface area contributed by atoms with Crippen molar-refractivity contribution in [2.45, 2.75) is 6.92 Å². The van der Waals surface area contributed by atoms with Gasteiger partial charge in [0.05, 0.1) is 21.7 Å². The maximum absolute atomic E-state index is 12.3. The first-order valence-corrected chi connectivity index (χ1v) is 6.79. The lowest BCUT2D eigenvalue weighted by molar-refractivity contribution is 0.102. The van der Waals surface area contributed by atoms with E-state index < -0.39 is 0 Å². The molecule has 1 heterocycles. The molecule has 1 N–H and O–H groups in total. The summed E-state index contributed by atoms with van der Waals surface area (Å²) in [4.78, 5) is 20.6. The third-order valence-electron chi connectivity index (χ3n) is 3.10. The molecule has 0 atom stereocenters. The summed E-state index contributed by atoms with van der Waals surface area (Å²) in [6.45, 7) is 1.94. The number of rotatable bonds is 2. The van der Waals surface area contributed by atoms with Crippen LogP contribution >= 0.6 is 11.6 Å². The molecule has 2 aromatic carbocycles. The minimum atomic E-state index is -0.228. The van der Waals surface area contributed by atoms with Crippen LogP contribution in [-0.2, 0) is 0 Å². The molecule has 0 spiro atoms. The van der Waals surface area contributed by atoms with Gasteiger partial charge in [-0.15, -0.1) is 0 Å². The summed E-state index contributed by atoms with van der Waals surface area (Å²) < 4.78 is 0. The number of anilines is 1. The highest BCUT2D eigenvalue weighted by Crippen LogP contribution is 2.23. The van der Waals surface area contributed by atoms with Gasteiger partial charge in [0, 0.05) is 18.0 Å². The number of aromatic nitrogens is 2. The fraction of sp³-hybridized carbons (Fsp3) is 0.0625. The van der Waals surface area contributed by atoms with Crippen molar-refractivity contribution < 1.29 is 4.79 Å². The minimum absolute atomic E-state index is 0.228. The fourth-order valence-electron chi connectivity index (χ4n) is 2.02. The van der Waals surface area contributed by atoms with Gasteiger partial charge in [0.2, 0.25) is 0 Å². The Kier molecular flexibility index (Phi) is 3.54. The van der Waals surface area contributed by atoms with E-state index in [1.807, 2.05) is 19.1 Å². The third kappa shape index (κ3) is 2.85. The third-order valence-corrected chi connectivity index (χ3v) is 3.42. The highest BCUT2D eigenvalue weighted by atomic mass is 35.5. The summed E-state index contributed by atoms with van der Waals surface area (Å²) in [6.07, 6.45) is 3.22. The number of halogens is 1. The number of amides is 1. The van der Waals surface area contributed by atoms with Gasteiger partial charge < -0.3 is 5.32 Å². The first-order valence-electron chi connectivity index (χ1n) is 6.42. The first kappa shape index (κ1) is 13.5. The molecule has 4 nitrogen and oxygen atoms in total. The summed E-state index contributed by atoms with van der Waals surface area (Å²) in [7, 11) is 0. The molecule has 0 saturated carbocycles. The van der Waals surface area contributed by atoms with Crippen molar-refractivity contribution >= 4 is 34.2 Å². The standard InChI is InChI=1S/C16H12ClN3O/c1-10-2-4-13(12(17)8-10)20-16(21)11-3-5-14-15(9-11)19-7-6-18-14/h2-9H,1H3,(H,20,21). The van der Waals surface area contributed by atoms with Gasteiger partial charge in [0.25, 0.3) is 5.91 Å². The highest BCUT2D eigenvalue weighted by Gasteiger charge is 2.09. The number of hydrogen-bond acceptors (Lipinski definition) is 3. The number of nitrogens with one attached hydrogen (secondary N) is 1. The van der Waals surface area contributed by atoms with Gasteiger partial charge in [-0.1, -0.05) is 17.7 Å². The Morgan fingerprint density at radius 1 is 1.05 bits per heavy atom. The van der Waals surface area contributed by atoms with Crippen LogP contribution in [0, 0.1) is 6.92 Å². The first-order chi connectivity index (χ1) is 10.1. The molecule has 0 bridgehead atoms. The largest absolute Gasteiger partial charge is 0.321 e. The topological polar surface area (TPSA) is 54.9 Å². The van der Waals surface area contributed by atoms with Gasteiger partial charge in [-0.3, -0.25) is 14.8 Å². The molecule has 0 aliphatic heterocycles. The van der Waals surface area contributed by atoms with Crippen molar-refractivity contribution in [3.05, 3.63) is 64.9 Å². The molecule has 3 rings (SSSR count). The van der Waals surface area contributed by atoms with E-state index in [9.17, 15) is 4.79 Å². The summed E-state index contributed by atoms with van der Waals surface area (Å²) in [5.41, 5.74) is 3.58. The Hall–Kier alpha value is -2.46. The van der Waals surface area contributed by atoms with Crippen molar-refractivity contribution in [3.8, 4) is 0 Å². The van der Waals surface area contributed by atoms with E-state index in [1.54, 1.807) is 36.7 Å². The number of hydrogen-bond donors (Lipinski definition) is 1. The van der Waals surface area contributed by atoms with E-state index in [1.165, 1.54) is 0 Å². The van der Waals surface area contributed by atoms with Crippen molar-refractivity contribution in [2.24, 2.45) is 0 Å². The van der Waals surface area contributed by atoms with Crippen molar-refractivity contribution in [1.29, 1.82) is 0 Å². The molecule has 1 amide bonds. The minimum Gasteiger partial charge on any atom is -0.321 e. The van der Waals surface area contributed by atoms with Crippen LogP contribution in [0.4, 0.5) is 5.69 Å². The average molecular weight is 298 g/mol. The summed E-state index contributed by atoms with van der Waals surface area (Å²) in [5, 5.41) is 3.32. The zero-order valence-corrected chi connectivity index (χ0v) is 12.1. The predicted molar refractivity (Wildman–Crippen MR) is 83.7 cm³/mol. The van der Waals surface area contributed by atoms with Gasteiger partial charge in [0.1, 0.15) is 0 Å². The van der Waals surface area contributed by atoms with Crippen LogP contribution in [0.15, 0.2) is 48.8 Å². The Bertz CT molecular complexity index is 833. The van der Waals surface area contributed by atoms with Crippen LogP contribution < -0.4 is 5.32 Å². The molecule has 3 aromatic rings. The normalized spacial score (nSPS) is 10.6. The lowest BCUT2D eigenvalue weighted by Gasteiger charge is -2.08. The molecule has 0 radical (unpaired) electrons. The van der Waals surface area contributed by atoms with Crippen molar-refractivity contribution in [2.75, 3.05) is 5.32 Å². The summed E-state index contributed by atoms with van der Waals surface area (Å²) >= 11 is 6.12. The second kappa shape index (κ2) is 5.50. The van der Waals surface area contributed by atoms with Gasteiger partial charge in [-0.25, -0.2) is 0 Å². The number of benzene rings is 2. The molecule has 104 valence electrons. The fourth-order valence-corrected chi connectivity index (χ4v) is 2.30. The van der Waals surface area contributed by atoms with Gasteiger partial charge in [-0.05, 0) is 42.8 Å². The Morgan fingerprint density at radius 2 is 1.81 bits per heavy atom. The van der Waals surface area contributed by atoms with Gasteiger partial charge in [-0.2, -0.15) is 0 Å². The Balaban J connectivity index is 1.89. The monoisotopic (exact) mass is 297 g/mol. The van der Waals surface area contributed by atoms with E-state index in [-0.39, 0.29) is 5.91 Å². The molecule has 1 aromatic heterocycles. The quantitative estimate of drug-likeness (QED) is 0.782. The van der Waals surface area contributed by atoms with Gasteiger partial charge >= 0.3 is 0 Å². The van der Waals surface area contributed by atoms with Crippen LogP contribution in [0.5, 0.6) is 0 Å². The molecule has 21 heavy (non-hydrogen) atoms. The molecular weight excluding hydrogens is 286 g/mol. The lowest BCUT2D eigenvalue weighted by Crippen LogP contribution is -2.12. The lowest BCUT2D eigenvalue weighted by atomic mass is 10.1. The molecule has 0 aliphatic carbocycles. The molecular formula is C16H12ClN3O. The second-order valence-electron chi connectivity index (χ2n) is 4.70. The molecule has 0 fully saturated rings. The number of fused-ring (bicyclic) bond motifs is 1. The SMILES string of the molecule is Cc1ccc(NC(=O)c2ccc3nccnc3c2)c(Cl)c1. The van der Waals surface area contributed by atoms with Crippen LogP contribution in [0.3, 0.4) is 0 Å². The molecule has 0 unspecified atom stereocenters. The molecule has 0 aliphatic rings. The number of carbonyl (C=O) groups is 1. The van der Waals surface area contributed by atoms with Crippen molar-refractivity contribution in [1.82, 2.24) is 9.97 Å². The van der Waals surface area contributed by atoms with Crippen molar-refractivity contribution in [3.63, 3.8) is 0 Å². The van der Waals surface area contributed by atoms with E-state index in [0.29, 0.717) is 21.8 Å². The van der Waals surface area contributed by atoms with Crippen LogP contribution in [0.2, 0.25) is 5.02 Å². The number of carbonyl (C=O) groups excluding carboxylic acids is 1. The van der Waals surface area contributed by atoms with Crippen LogP contribution in [0.25, 0.3) is 11.0 Å². The zero-order valence-electron chi connectivity index (χ0n) is 11.3. The zero-order chi connectivity index (χ0) is 14.8. The average Bonchev–Trinajstić information content (AvgIpc) is 2.49. The summed E-state index contributed by atoms with van der Waals surface area (Å²) in [5.74, 6) is -0.228. The van der Waals surface area contributed by atoms with E-state index in [4.69, 9.17) is 11.6 Å². The number of aryl methyl sites for hydroxylation is 1. The van der Waals surface area contributed by atoms with E-state index in [0.717, 1.165) is 11.1 Å². The second-order valence-corrected chi connectivity index (χ2v) is 5.10. The van der Waals surface area contributed by atoms with Gasteiger partial charge in [0.15, 0.2) is 0 Å². The summed E-state index contributed by atoms with van der Waals surface area (Å²) in [6, 6.07) is 10.7. The Labute approximate surface area is 126 Å². The maximum atomic E-state index is 12.3. The molecule has 5 heteroatoms. The highest BCUT2D eigenvalue weighted by molar-refractivity contribution is 6.34. The predicted octanol–water partition coefficient (Wildman–Crippen LogP) is 3.84. The van der Waals surface area contributed by atoms with E-state index in [2.05, 4.69) is 15.3 Å². The van der Waals surface area contributed by atoms with E-state index >= 15 is 0 Å². The smallest absolute Gasteiger partial charge is 0.255 e. The molecule has 0 saturated heterocycles. The van der Waals surface area contributed by atoms with Crippen LogP contribution in [-0.4, -0.2) is 15.9 Å². The maximum Gasteiger partial charge on any atom is 0.255 e. The van der Waals surface area contributed by atoms with Crippen LogP contribution in [0.1, 0.15) is 15.9 Å². The number of nitrogens with zero attached hydrogens (tertiary/aromatic N) is 2. The Morgan fingerprint density at radius 3 is 2.57 bits per heavy atom.